The van der Waals surface area contributed by atoms with Crippen LogP contribution in [0.2, 0.25) is 0 Å². The number of hydrogen-bond donors (Lipinski definition) is 2. The highest BCUT2D eigenvalue weighted by Crippen LogP contribution is 2.26. The molecule has 0 bridgehead atoms. The molecule has 0 aliphatic rings. The molecule has 5 heteroatoms. The Hall–Kier alpha value is -1.59. The molecule has 0 fully saturated rings. The Morgan fingerprint density at radius 1 is 1.37 bits per heavy atom. The van der Waals surface area contributed by atoms with E-state index in [0.29, 0.717) is 12.8 Å². The lowest BCUT2D eigenvalue weighted by atomic mass is 10.1. The molecular formula is C14H15BrN2O2. The van der Waals surface area contributed by atoms with Crippen LogP contribution in [0.4, 0.5) is 0 Å². The second-order valence-electron chi connectivity index (χ2n) is 4.30. The number of aryl methyl sites for hydroxylation is 2. The number of benzene rings is 1. The van der Waals surface area contributed by atoms with Crippen molar-refractivity contribution in [1.82, 2.24) is 5.43 Å². The molecule has 0 unspecified atom stereocenters. The molecule has 3 N–H and O–H groups in total. The molecule has 1 aromatic heterocycles. The zero-order valence-corrected chi connectivity index (χ0v) is 12.2. The van der Waals surface area contributed by atoms with Crippen LogP contribution in [0.1, 0.15) is 17.7 Å². The maximum absolute atomic E-state index is 11.1. The topological polar surface area (TPSA) is 68.3 Å². The first-order valence-corrected chi connectivity index (χ1v) is 6.74. The van der Waals surface area contributed by atoms with Crippen molar-refractivity contribution in [2.24, 2.45) is 5.84 Å². The van der Waals surface area contributed by atoms with Crippen LogP contribution < -0.4 is 11.3 Å². The van der Waals surface area contributed by atoms with E-state index in [2.05, 4.69) is 27.4 Å². The van der Waals surface area contributed by atoms with Crippen LogP contribution in [0.15, 0.2) is 39.2 Å². The average molecular weight is 323 g/mol. The highest BCUT2D eigenvalue weighted by atomic mass is 79.9. The van der Waals surface area contributed by atoms with E-state index in [4.69, 9.17) is 10.3 Å². The van der Waals surface area contributed by atoms with E-state index >= 15 is 0 Å². The third-order valence-electron chi connectivity index (χ3n) is 2.86. The summed E-state index contributed by atoms with van der Waals surface area (Å²) in [6, 6.07) is 9.84. The van der Waals surface area contributed by atoms with E-state index in [9.17, 15) is 4.79 Å². The van der Waals surface area contributed by atoms with E-state index in [1.807, 2.05) is 31.2 Å². The Bertz CT molecular complexity index is 593. The van der Waals surface area contributed by atoms with Crippen molar-refractivity contribution in [1.29, 1.82) is 0 Å². The molecule has 1 heterocycles. The number of carbonyl (C=O) groups excluding carboxylic acids is 1. The first-order chi connectivity index (χ1) is 9.10. The van der Waals surface area contributed by atoms with Gasteiger partial charge in [-0.1, -0.05) is 22.0 Å². The van der Waals surface area contributed by atoms with Gasteiger partial charge in [-0.3, -0.25) is 10.2 Å². The van der Waals surface area contributed by atoms with Crippen molar-refractivity contribution < 1.29 is 9.21 Å². The minimum Gasteiger partial charge on any atom is -0.461 e. The summed E-state index contributed by atoms with van der Waals surface area (Å²) in [5.74, 6) is 6.41. The molecular weight excluding hydrogens is 308 g/mol. The van der Waals surface area contributed by atoms with Gasteiger partial charge >= 0.3 is 0 Å². The Morgan fingerprint density at radius 3 is 2.84 bits per heavy atom. The standard InChI is InChI=1S/C14H15BrN2O2/c1-9-8-10(2-5-12(9)15)13-6-3-11(19-13)4-7-14(18)17-16/h2-3,5-6,8H,4,7,16H2,1H3,(H,17,18). The highest BCUT2D eigenvalue weighted by Gasteiger charge is 2.07. The van der Waals surface area contributed by atoms with Crippen LogP contribution in [0, 0.1) is 6.92 Å². The number of hydrogen-bond acceptors (Lipinski definition) is 3. The molecule has 0 aliphatic heterocycles. The van der Waals surface area contributed by atoms with Crippen molar-refractivity contribution in [2.75, 3.05) is 0 Å². The molecule has 0 aliphatic carbocycles. The van der Waals surface area contributed by atoms with Crippen LogP contribution in [-0.2, 0) is 11.2 Å². The number of rotatable bonds is 4. The summed E-state index contributed by atoms with van der Waals surface area (Å²) < 4.78 is 6.80. The summed E-state index contributed by atoms with van der Waals surface area (Å²) >= 11 is 3.47. The Kier molecular flexibility index (Phi) is 4.39. The summed E-state index contributed by atoms with van der Waals surface area (Å²) in [5.41, 5.74) is 4.28. The van der Waals surface area contributed by atoms with Gasteiger partial charge in [0, 0.05) is 22.9 Å². The van der Waals surface area contributed by atoms with E-state index in [1.54, 1.807) is 0 Å². The van der Waals surface area contributed by atoms with Gasteiger partial charge in [-0.25, -0.2) is 5.84 Å². The summed E-state index contributed by atoms with van der Waals surface area (Å²) in [7, 11) is 0. The number of hydrazine groups is 1. The predicted octanol–water partition coefficient (Wildman–Crippen LogP) is 2.94. The molecule has 0 saturated carbocycles. The maximum atomic E-state index is 11.1. The first kappa shape index (κ1) is 13.8. The van der Waals surface area contributed by atoms with Crippen LogP contribution in [-0.4, -0.2) is 5.91 Å². The van der Waals surface area contributed by atoms with E-state index < -0.39 is 0 Å². The fourth-order valence-corrected chi connectivity index (χ4v) is 2.02. The lowest BCUT2D eigenvalue weighted by Gasteiger charge is -2.02. The van der Waals surface area contributed by atoms with Gasteiger partial charge in [0.15, 0.2) is 0 Å². The predicted molar refractivity (Wildman–Crippen MR) is 77.2 cm³/mol. The molecule has 19 heavy (non-hydrogen) atoms. The SMILES string of the molecule is Cc1cc(-c2ccc(CCC(=O)NN)o2)ccc1Br. The number of furan rings is 1. The number of amides is 1. The van der Waals surface area contributed by atoms with Crippen molar-refractivity contribution in [2.45, 2.75) is 19.8 Å². The fourth-order valence-electron chi connectivity index (χ4n) is 1.77. The van der Waals surface area contributed by atoms with Crippen LogP contribution >= 0.6 is 15.9 Å². The van der Waals surface area contributed by atoms with Crippen LogP contribution in [0.25, 0.3) is 11.3 Å². The smallest absolute Gasteiger partial charge is 0.234 e. The molecule has 4 nitrogen and oxygen atoms in total. The number of halogens is 1. The molecule has 0 atom stereocenters. The Morgan fingerprint density at radius 2 is 2.16 bits per heavy atom. The molecule has 2 rings (SSSR count). The summed E-state index contributed by atoms with van der Waals surface area (Å²) in [6.45, 7) is 2.03. The van der Waals surface area contributed by atoms with Crippen molar-refractivity contribution in [3.8, 4) is 11.3 Å². The van der Waals surface area contributed by atoms with Gasteiger partial charge in [-0.05, 0) is 36.8 Å². The fraction of sp³-hybridized carbons (Fsp3) is 0.214. The van der Waals surface area contributed by atoms with Crippen molar-refractivity contribution >= 4 is 21.8 Å². The van der Waals surface area contributed by atoms with Gasteiger partial charge in [-0.2, -0.15) is 0 Å². The number of nitrogens with two attached hydrogens (primary N) is 1. The molecule has 0 spiro atoms. The number of carbonyl (C=O) groups is 1. The third kappa shape index (κ3) is 3.45. The second kappa shape index (κ2) is 6.04. The normalized spacial score (nSPS) is 10.5. The largest absolute Gasteiger partial charge is 0.461 e. The van der Waals surface area contributed by atoms with Crippen LogP contribution in [0.5, 0.6) is 0 Å². The van der Waals surface area contributed by atoms with E-state index in [1.165, 1.54) is 0 Å². The van der Waals surface area contributed by atoms with E-state index in [-0.39, 0.29) is 5.91 Å². The maximum Gasteiger partial charge on any atom is 0.234 e. The Labute approximate surface area is 120 Å². The Balaban J connectivity index is 2.12. The van der Waals surface area contributed by atoms with Gasteiger partial charge in [0.2, 0.25) is 5.91 Å². The summed E-state index contributed by atoms with van der Waals surface area (Å²) in [5, 5.41) is 0. The minimum atomic E-state index is -0.197. The summed E-state index contributed by atoms with van der Waals surface area (Å²) in [4.78, 5) is 11.1. The molecule has 1 amide bonds. The second-order valence-corrected chi connectivity index (χ2v) is 5.15. The molecule has 0 saturated heterocycles. The monoisotopic (exact) mass is 322 g/mol. The third-order valence-corrected chi connectivity index (χ3v) is 3.75. The van der Waals surface area contributed by atoms with Crippen LogP contribution in [0.3, 0.4) is 0 Å². The van der Waals surface area contributed by atoms with Gasteiger partial charge in [0.25, 0.3) is 0 Å². The minimum absolute atomic E-state index is 0.197. The molecule has 0 radical (unpaired) electrons. The quantitative estimate of drug-likeness (QED) is 0.516. The number of nitrogens with one attached hydrogen (secondary N) is 1. The molecule has 1 aromatic carbocycles. The lowest BCUT2D eigenvalue weighted by Crippen LogP contribution is -2.30. The van der Waals surface area contributed by atoms with Gasteiger partial charge in [0.05, 0.1) is 0 Å². The average Bonchev–Trinajstić information content (AvgIpc) is 2.88. The zero-order chi connectivity index (χ0) is 13.8. The van der Waals surface area contributed by atoms with Gasteiger partial charge in [-0.15, -0.1) is 0 Å². The van der Waals surface area contributed by atoms with Crippen molar-refractivity contribution in [3.05, 3.63) is 46.1 Å². The molecule has 100 valence electrons. The van der Waals surface area contributed by atoms with Gasteiger partial charge in [0.1, 0.15) is 11.5 Å². The zero-order valence-electron chi connectivity index (χ0n) is 10.6. The lowest BCUT2D eigenvalue weighted by molar-refractivity contribution is -0.121. The highest BCUT2D eigenvalue weighted by molar-refractivity contribution is 9.10. The molecule has 2 aromatic rings. The van der Waals surface area contributed by atoms with E-state index in [0.717, 1.165) is 27.1 Å². The first-order valence-electron chi connectivity index (χ1n) is 5.95. The van der Waals surface area contributed by atoms with Crippen molar-refractivity contribution in [3.63, 3.8) is 0 Å². The summed E-state index contributed by atoms with van der Waals surface area (Å²) in [6.07, 6.45) is 0.862. The van der Waals surface area contributed by atoms with Gasteiger partial charge < -0.3 is 4.42 Å².